The maximum Gasteiger partial charge on any atom is 0.573 e. The van der Waals surface area contributed by atoms with E-state index >= 15 is 0 Å². The largest absolute Gasteiger partial charge is 0.573 e. The third kappa shape index (κ3) is 3.86. The Bertz CT molecular complexity index is 352. The predicted octanol–water partition coefficient (Wildman–Crippen LogP) is 2.22. The summed E-state index contributed by atoms with van der Waals surface area (Å²) in [6, 6.07) is 5.31. The van der Waals surface area contributed by atoms with E-state index in [9.17, 15) is 13.2 Å². The minimum atomic E-state index is -4.77. The van der Waals surface area contributed by atoms with E-state index in [1.54, 1.807) is 5.48 Å². The van der Waals surface area contributed by atoms with Crippen LogP contribution in [0.2, 0.25) is 0 Å². The molecule has 0 saturated heterocycles. The third-order valence-corrected chi connectivity index (χ3v) is 1.35. The fraction of sp³-hybridized carbons (Fsp3) is 0.125. The van der Waals surface area contributed by atoms with Crippen LogP contribution in [0.3, 0.4) is 0 Å². The number of hydrogen-bond donors (Lipinski definition) is 2. The molecule has 1 aromatic rings. The molecule has 0 radical (unpaired) electrons. The Morgan fingerprint density at radius 1 is 1.33 bits per heavy atom. The highest BCUT2D eigenvalue weighted by molar-refractivity contribution is 5.63. The molecule has 1 aromatic carbocycles. The summed E-state index contributed by atoms with van der Waals surface area (Å²) in [5.41, 5.74) is 1.53. The van der Waals surface area contributed by atoms with Crippen LogP contribution in [0.5, 0.6) is 5.75 Å². The van der Waals surface area contributed by atoms with E-state index in [4.69, 9.17) is 5.21 Å². The predicted molar refractivity (Wildman–Crippen MR) is 46.2 cm³/mol. The maximum absolute atomic E-state index is 11.9. The number of nitrogens with zero attached hydrogens (tertiary/aromatic N) is 1. The highest BCUT2D eigenvalue weighted by Crippen LogP contribution is 2.31. The topological polar surface area (TPSA) is 53.8 Å². The van der Waals surface area contributed by atoms with Crippen LogP contribution in [0.15, 0.2) is 29.3 Å². The van der Waals surface area contributed by atoms with Crippen LogP contribution in [-0.2, 0) is 0 Å². The lowest BCUT2D eigenvalue weighted by atomic mass is 10.3. The Morgan fingerprint density at radius 3 is 2.60 bits per heavy atom. The van der Waals surface area contributed by atoms with Gasteiger partial charge in [-0.1, -0.05) is 12.1 Å². The number of para-hydroxylation sites is 2. The molecule has 0 fully saturated rings. The van der Waals surface area contributed by atoms with E-state index in [0.29, 0.717) is 0 Å². The quantitative estimate of drug-likeness (QED) is 0.466. The Kier molecular flexibility index (Phi) is 3.51. The van der Waals surface area contributed by atoms with Gasteiger partial charge in [0.05, 0.1) is 0 Å². The van der Waals surface area contributed by atoms with Gasteiger partial charge in [-0.15, -0.1) is 13.2 Å². The number of hydrogen-bond acceptors (Lipinski definition) is 3. The van der Waals surface area contributed by atoms with E-state index in [1.165, 1.54) is 18.2 Å². The van der Waals surface area contributed by atoms with Gasteiger partial charge in [0.2, 0.25) is 0 Å². The molecule has 82 valence electrons. The minimum absolute atomic E-state index is 0.0450. The number of halogens is 3. The summed E-state index contributed by atoms with van der Waals surface area (Å²) in [5.74, 6) is -0.434. The van der Waals surface area contributed by atoms with Crippen molar-refractivity contribution in [3.05, 3.63) is 24.3 Å². The highest BCUT2D eigenvalue weighted by Gasteiger charge is 2.31. The van der Waals surface area contributed by atoms with Gasteiger partial charge >= 0.3 is 6.36 Å². The zero-order valence-electron chi connectivity index (χ0n) is 7.32. The average Bonchev–Trinajstić information content (AvgIpc) is 2.14. The van der Waals surface area contributed by atoms with E-state index in [-0.39, 0.29) is 5.69 Å². The van der Waals surface area contributed by atoms with Crippen molar-refractivity contribution in [3.8, 4) is 5.75 Å². The smallest absolute Gasteiger partial charge is 0.403 e. The number of benzene rings is 1. The van der Waals surface area contributed by atoms with Crippen LogP contribution in [0.4, 0.5) is 18.9 Å². The molecule has 0 amide bonds. The Balaban J connectivity index is 2.91. The van der Waals surface area contributed by atoms with Gasteiger partial charge in [0.1, 0.15) is 12.0 Å². The monoisotopic (exact) mass is 220 g/mol. The number of aliphatic imine (C=N–C) groups is 1. The van der Waals surface area contributed by atoms with Crippen LogP contribution < -0.4 is 10.2 Å². The normalized spacial score (nSPS) is 11.7. The molecule has 2 N–H and O–H groups in total. The van der Waals surface area contributed by atoms with Crippen molar-refractivity contribution in [2.24, 2.45) is 4.99 Å². The number of ether oxygens (including phenoxy) is 1. The summed E-state index contributed by atoms with van der Waals surface area (Å²) >= 11 is 0. The Morgan fingerprint density at radius 2 is 2.00 bits per heavy atom. The molecule has 15 heavy (non-hydrogen) atoms. The lowest BCUT2D eigenvalue weighted by Gasteiger charge is -2.10. The number of rotatable bonds is 3. The fourth-order valence-corrected chi connectivity index (χ4v) is 0.873. The van der Waals surface area contributed by atoms with Crippen molar-refractivity contribution in [1.29, 1.82) is 0 Å². The van der Waals surface area contributed by atoms with Crippen LogP contribution in [0.25, 0.3) is 0 Å². The van der Waals surface area contributed by atoms with E-state index in [0.717, 1.165) is 12.4 Å². The van der Waals surface area contributed by atoms with Crippen LogP contribution in [0, 0.1) is 0 Å². The van der Waals surface area contributed by atoms with E-state index < -0.39 is 12.1 Å². The molecule has 0 aliphatic rings. The second-order valence-electron chi connectivity index (χ2n) is 2.40. The van der Waals surface area contributed by atoms with Crippen molar-refractivity contribution in [2.45, 2.75) is 6.36 Å². The van der Waals surface area contributed by atoms with Crippen LogP contribution in [-0.4, -0.2) is 17.9 Å². The zero-order chi connectivity index (χ0) is 11.3. The number of hydroxylamine groups is 1. The zero-order valence-corrected chi connectivity index (χ0v) is 7.32. The summed E-state index contributed by atoms with van der Waals surface area (Å²) in [4.78, 5) is 3.50. The fourth-order valence-electron chi connectivity index (χ4n) is 0.873. The summed E-state index contributed by atoms with van der Waals surface area (Å²) in [5, 5.41) is 8.19. The molecule has 7 heteroatoms. The van der Waals surface area contributed by atoms with Gasteiger partial charge in [-0.05, 0) is 12.1 Å². The van der Waals surface area contributed by atoms with Crippen molar-refractivity contribution >= 4 is 12.0 Å². The molecule has 0 aliphatic carbocycles. The first-order valence-corrected chi connectivity index (χ1v) is 3.80. The molecule has 0 saturated carbocycles. The van der Waals surface area contributed by atoms with Gasteiger partial charge in [0.15, 0.2) is 5.75 Å². The number of nitrogens with one attached hydrogen (secondary N) is 1. The van der Waals surface area contributed by atoms with Crippen molar-refractivity contribution in [3.63, 3.8) is 0 Å². The lowest BCUT2D eigenvalue weighted by molar-refractivity contribution is -0.274. The highest BCUT2D eigenvalue weighted by atomic mass is 19.4. The van der Waals surface area contributed by atoms with Gasteiger partial charge in [0.25, 0.3) is 0 Å². The SMILES string of the molecule is ONC=Nc1ccccc1OC(F)(F)F. The summed E-state index contributed by atoms with van der Waals surface area (Å²) in [7, 11) is 0. The second kappa shape index (κ2) is 4.65. The van der Waals surface area contributed by atoms with Gasteiger partial charge in [0, 0.05) is 0 Å². The van der Waals surface area contributed by atoms with Gasteiger partial charge in [-0.2, -0.15) is 0 Å². The average molecular weight is 220 g/mol. The molecule has 4 nitrogen and oxygen atoms in total. The Hall–Kier alpha value is -1.76. The van der Waals surface area contributed by atoms with Gasteiger partial charge in [-0.3, -0.25) is 10.7 Å². The van der Waals surface area contributed by atoms with Gasteiger partial charge < -0.3 is 4.74 Å². The molecule has 0 bridgehead atoms. The first-order chi connectivity index (χ1) is 7.03. The standard InChI is InChI=1S/C8H7F3N2O2/c9-8(10,11)15-7-4-2-1-3-6(7)12-5-13-14/h1-5,14H,(H,12,13). The first kappa shape index (κ1) is 11.3. The molecular formula is C8H7F3N2O2. The molecule has 0 heterocycles. The van der Waals surface area contributed by atoms with Crippen molar-refractivity contribution in [2.75, 3.05) is 0 Å². The van der Waals surface area contributed by atoms with E-state index in [1.807, 2.05) is 0 Å². The van der Waals surface area contributed by atoms with Gasteiger partial charge in [-0.25, -0.2) is 4.99 Å². The summed E-state index contributed by atoms with van der Waals surface area (Å²) in [6.45, 7) is 0. The second-order valence-corrected chi connectivity index (χ2v) is 2.40. The minimum Gasteiger partial charge on any atom is -0.403 e. The number of alkyl halides is 3. The van der Waals surface area contributed by atoms with Crippen molar-refractivity contribution in [1.82, 2.24) is 5.48 Å². The molecule has 0 unspecified atom stereocenters. The summed E-state index contributed by atoms with van der Waals surface area (Å²) < 4.78 is 39.4. The third-order valence-electron chi connectivity index (χ3n) is 1.35. The molecular weight excluding hydrogens is 213 g/mol. The Labute approximate surface area is 83.0 Å². The lowest BCUT2D eigenvalue weighted by Crippen LogP contribution is -2.17. The molecule has 0 aromatic heterocycles. The molecule has 1 rings (SSSR count). The van der Waals surface area contributed by atoms with Crippen LogP contribution >= 0.6 is 0 Å². The summed E-state index contributed by atoms with van der Waals surface area (Å²) in [6.07, 6.45) is -3.93. The maximum atomic E-state index is 11.9. The molecule has 0 atom stereocenters. The van der Waals surface area contributed by atoms with E-state index in [2.05, 4.69) is 9.73 Å². The van der Waals surface area contributed by atoms with Crippen molar-refractivity contribution < 1.29 is 23.1 Å². The van der Waals surface area contributed by atoms with Crippen LogP contribution in [0.1, 0.15) is 0 Å². The first-order valence-electron chi connectivity index (χ1n) is 3.80. The molecule has 0 spiro atoms. The molecule has 0 aliphatic heterocycles.